The maximum absolute atomic E-state index is 10.2. The van der Waals surface area contributed by atoms with Gasteiger partial charge in [0.15, 0.2) is 0 Å². The molecule has 2 nitrogen and oxygen atoms in total. The van der Waals surface area contributed by atoms with Crippen LogP contribution in [0.25, 0.3) is 22.3 Å². The fourth-order valence-electron chi connectivity index (χ4n) is 7.01. The lowest BCUT2D eigenvalue weighted by atomic mass is 9.70. The van der Waals surface area contributed by atoms with Crippen LogP contribution in [0.2, 0.25) is 0 Å². The van der Waals surface area contributed by atoms with Gasteiger partial charge in [-0.25, -0.2) is 0 Å². The highest BCUT2D eigenvalue weighted by molar-refractivity contribution is 5.96. The molecule has 1 spiro atoms. The molecule has 0 saturated heterocycles. The number of hydrogen-bond donors (Lipinski definition) is 1. The molecule has 8 rings (SSSR count). The van der Waals surface area contributed by atoms with Crippen LogP contribution in [0, 0.1) is 0 Å². The molecule has 0 aromatic heterocycles. The zero-order chi connectivity index (χ0) is 26.7. The van der Waals surface area contributed by atoms with Gasteiger partial charge < -0.3 is 10.0 Å². The molecule has 0 aliphatic heterocycles. The van der Waals surface area contributed by atoms with Crippen molar-refractivity contribution in [1.29, 1.82) is 0 Å². The molecular formula is C38H27NO. The second-order valence-electron chi connectivity index (χ2n) is 10.6. The third-order valence-corrected chi connectivity index (χ3v) is 8.61. The van der Waals surface area contributed by atoms with Gasteiger partial charge in [0, 0.05) is 17.1 Å². The zero-order valence-electron chi connectivity index (χ0n) is 22.0. The first-order valence-electron chi connectivity index (χ1n) is 13.8. The molecule has 0 atom stereocenters. The van der Waals surface area contributed by atoms with Gasteiger partial charge in [0.2, 0.25) is 0 Å². The van der Waals surface area contributed by atoms with Crippen LogP contribution in [-0.2, 0) is 12.0 Å². The van der Waals surface area contributed by atoms with Gasteiger partial charge in [-0.05, 0) is 86.5 Å². The minimum Gasteiger partial charge on any atom is -0.392 e. The van der Waals surface area contributed by atoms with E-state index in [2.05, 4.69) is 150 Å². The molecule has 0 bridgehead atoms. The van der Waals surface area contributed by atoms with Gasteiger partial charge in [0.25, 0.3) is 0 Å². The Morgan fingerprint density at radius 1 is 0.425 bits per heavy atom. The average molecular weight is 514 g/mol. The summed E-state index contributed by atoms with van der Waals surface area (Å²) in [5.41, 5.74) is 14.0. The number of fused-ring (bicyclic) bond motifs is 10. The van der Waals surface area contributed by atoms with Crippen LogP contribution in [0.15, 0.2) is 146 Å². The van der Waals surface area contributed by atoms with E-state index in [0.29, 0.717) is 0 Å². The van der Waals surface area contributed by atoms with Crippen molar-refractivity contribution in [2.75, 3.05) is 4.90 Å². The van der Waals surface area contributed by atoms with Crippen molar-refractivity contribution >= 4 is 17.1 Å². The van der Waals surface area contributed by atoms with Gasteiger partial charge in [-0.3, -0.25) is 0 Å². The number of anilines is 3. The van der Waals surface area contributed by atoms with Gasteiger partial charge in [-0.1, -0.05) is 109 Å². The molecule has 2 aliphatic rings. The van der Waals surface area contributed by atoms with E-state index in [-0.39, 0.29) is 6.61 Å². The van der Waals surface area contributed by atoms with E-state index in [1.165, 1.54) is 44.5 Å². The highest BCUT2D eigenvalue weighted by Crippen LogP contribution is 2.63. The van der Waals surface area contributed by atoms with Crippen molar-refractivity contribution in [2.24, 2.45) is 0 Å². The van der Waals surface area contributed by atoms with Crippen molar-refractivity contribution in [1.82, 2.24) is 0 Å². The third kappa shape index (κ3) is 3.08. The maximum Gasteiger partial charge on any atom is 0.0726 e. The van der Waals surface area contributed by atoms with E-state index >= 15 is 0 Å². The molecule has 40 heavy (non-hydrogen) atoms. The molecule has 6 aromatic carbocycles. The number of aliphatic hydroxyl groups is 1. The van der Waals surface area contributed by atoms with Crippen molar-refractivity contribution in [3.8, 4) is 22.3 Å². The summed E-state index contributed by atoms with van der Waals surface area (Å²) in [7, 11) is 0. The highest BCUT2D eigenvalue weighted by atomic mass is 16.3. The third-order valence-electron chi connectivity index (χ3n) is 8.61. The van der Waals surface area contributed by atoms with E-state index in [0.717, 1.165) is 22.6 Å². The summed E-state index contributed by atoms with van der Waals surface area (Å²) >= 11 is 0. The Kier molecular flexibility index (Phi) is 5.07. The fraction of sp³-hybridized carbons (Fsp3) is 0.0526. The monoisotopic (exact) mass is 513 g/mol. The van der Waals surface area contributed by atoms with E-state index in [1.807, 2.05) is 0 Å². The largest absolute Gasteiger partial charge is 0.392 e. The van der Waals surface area contributed by atoms with Crippen LogP contribution in [0.3, 0.4) is 0 Å². The summed E-state index contributed by atoms with van der Waals surface area (Å²) in [5.74, 6) is 0. The standard InChI is InChI=1S/C38H27NO/c40-25-26-19-21-32-33-22-20-29(39(27-11-3-1-4-12-27)28-13-5-2-6-14-28)24-37(33)38(36(32)23-26)34-17-9-7-15-30(34)31-16-8-10-18-35(31)38/h1-24,40H,25H2. The minimum absolute atomic E-state index is 0.0179. The summed E-state index contributed by atoms with van der Waals surface area (Å²) in [6, 6.07) is 52.2. The Hall–Kier alpha value is -4.92. The smallest absolute Gasteiger partial charge is 0.0726 e. The molecule has 6 aromatic rings. The number of nitrogens with zero attached hydrogens (tertiary/aromatic N) is 1. The summed E-state index contributed by atoms with van der Waals surface area (Å²) in [6.45, 7) is 0.0179. The minimum atomic E-state index is -0.460. The van der Waals surface area contributed by atoms with Gasteiger partial charge in [0.1, 0.15) is 0 Å². The fourth-order valence-corrected chi connectivity index (χ4v) is 7.01. The lowest BCUT2D eigenvalue weighted by Gasteiger charge is -2.32. The summed E-state index contributed by atoms with van der Waals surface area (Å²) in [5, 5.41) is 10.2. The molecule has 0 heterocycles. The molecule has 2 heteroatoms. The van der Waals surface area contributed by atoms with Crippen molar-refractivity contribution in [2.45, 2.75) is 12.0 Å². The first-order chi connectivity index (χ1) is 19.8. The predicted octanol–water partition coefficient (Wildman–Crippen LogP) is 8.99. The second-order valence-corrected chi connectivity index (χ2v) is 10.6. The second kappa shape index (κ2) is 8.81. The van der Waals surface area contributed by atoms with E-state index < -0.39 is 5.41 Å². The zero-order valence-corrected chi connectivity index (χ0v) is 22.0. The normalized spacial score (nSPS) is 13.4. The van der Waals surface area contributed by atoms with Crippen LogP contribution >= 0.6 is 0 Å². The molecule has 2 aliphatic carbocycles. The molecule has 0 fully saturated rings. The Bertz CT molecular complexity index is 1810. The lowest BCUT2D eigenvalue weighted by molar-refractivity contribution is 0.281. The van der Waals surface area contributed by atoms with Crippen molar-refractivity contribution in [3.63, 3.8) is 0 Å². The molecule has 0 unspecified atom stereocenters. The molecule has 0 amide bonds. The number of aliphatic hydroxyl groups excluding tert-OH is 1. The van der Waals surface area contributed by atoms with Crippen LogP contribution < -0.4 is 4.90 Å². The summed E-state index contributed by atoms with van der Waals surface area (Å²) in [6.07, 6.45) is 0. The maximum atomic E-state index is 10.2. The number of para-hydroxylation sites is 2. The highest BCUT2D eigenvalue weighted by Gasteiger charge is 2.51. The van der Waals surface area contributed by atoms with Gasteiger partial charge >= 0.3 is 0 Å². The predicted molar refractivity (Wildman–Crippen MR) is 163 cm³/mol. The average Bonchev–Trinajstić information content (AvgIpc) is 3.49. The molecule has 1 N–H and O–H groups in total. The first-order valence-corrected chi connectivity index (χ1v) is 13.8. The number of rotatable bonds is 4. The van der Waals surface area contributed by atoms with Crippen LogP contribution in [0.4, 0.5) is 17.1 Å². The number of hydrogen-bond acceptors (Lipinski definition) is 2. The Morgan fingerprint density at radius 3 is 1.48 bits per heavy atom. The van der Waals surface area contributed by atoms with Crippen molar-refractivity contribution < 1.29 is 5.11 Å². The van der Waals surface area contributed by atoms with E-state index in [4.69, 9.17) is 0 Å². The van der Waals surface area contributed by atoms with Crippen molar-refractivity contribution in [3.05, 3.63) is 173 Å². The van der Waals surface area contributed by atoms with Gasteiger partial charge in [0.05, 0.1) is 12.0 Å². The molecule has 0 saturated carbocycles. The molecular weight excluding hydrogens is 486 g/mol. The van der Waals surface area contributed by atoms with Crippen LogP contribution in [0.1, 0.15) is 27.8 Å². The Balaban J connectivity index is 1.46. The first kappa shape index (κ1) is 23.0. The lowest BCUT2D eigenvalue weighted by Crippen LogP contribution is -2.26. The van der Waals surface area contributed by atoms with E-state index in [9.17, 15) is 5.11 Å². The van der Waals surface area contributed by atoms with Crippen LogP contribution in [-0.4, -0.2) is 5.11 Å². The molecule has 0 radical (unpaired) electrons. The quantitative estimate of drug-likeness (QED) is 0.254. The SMILES string of the molecule is OCc1ccc2c(c1)C1(c3ccccc3-c3ccccc31)c1cc(N(c3ccccc3)c3ccccc3)ccc1-2. The summed E-state index contributed by atoms with van der Waals surface area (Å²) < 4.78 is 0. The van der Waals surface area contributed by atoms with E-state index in [1.54, 1.807) is 0 Å². The number of benzene rings is 6. The van der Waals surface area contributed by atoms with Gasteiger partial charge in [-0.15, -0.1) is 0 Å². The van der Waals surface area contributed by atoms with Crippen LogP contribution in [0.5, 0.6) is 0 Å². The summed E-state index contributed by atoms with van der Waals surface area (Å²) in [4.78, 5) is 2.34. The topological polar surface area (TPSA) is 23.5 Å². The van der Waals surface area contributed by atoms with Gasteiger partial charge in [-0.2, -0.15) is 0 Å². The Morgan fingerprint density at radius 2 is 0.900 bits per heavy atom. The molecule has 190 valence electrons. The Labute approximate surface area is 234 Å².